The molecule has 5 nitrogen and oxygen atoms in total. The zero-order chi connectivity index (χ0) is 14.2. The average molecular weight is 283 g/mol. The van der Waals surface area contributed by atoms with Gasteiger partial charge in [0.15, 0.2) is 0 Å². The molecule has 0 atom stereocenters. The number of carbonyl (C=O) groups is 1. The van der Waals surface area contributed by atoms with Crippen LogP contribution in [0.4, 0.5) is 4.79 Å². The highest BCUT2D eigenvalue weighted by atomic mass is 16.6. The number of carbonyl (C=O) groups excluding carboxylic acids is 1. The lowest BCUT2D eigenvalue weighted by Crippen LogP contribution is -2.50. The maximum atomic E-state index is 11.6. The summed E-state index contributed by atoms with van der Waals surface area (Å²) in [7, 11) is 0. The topological polar surface area (TPSA) is 44.8 Å². The standard InChI is InChI=1S/C15H29N3O2/c1-2-20-15(19)18-12-10-17(11-13-18)9-8-16-14-6-4-3-5-7-14/h14,16H,2-13H2,1H3. The third kappa shape index (κ3) is 4.94. The van der Waals surface area contributed by atoms with Gasteiger partial charge in [0, 0.05) is 45.3 Å². The lowest BCUT2D eigenvalue weighted by molar-refractivity contribution is 0.0796. The van der Waals surface area contributed by atoms with Crippen molar-refractivity contribution in [2.24, 2.45) is 0 Å². The quantitative estimate of drug-likeness (QED) is 0.834. The second-order valence-corrected chi connectivity index (χ2v) is 5.82. The molecule has 5 heteroatoms. The number of rotatable bonds is 5. The lowest BCUT2D eigenvalue weighted by atomic mass is 9.95. The van der Waals surface area contributed by atoms with Crippen LogP contribution >= 0.6 is 0 Å². The number of nitrogens with zero attached hydrogens (tertiary/aromatic N) is 2. The number of ether oxygens (including phenoxy) is 1. The predicted octanol–water partition coefficient (Wildman–Crippen LogP) is 1.68. The molecule has 2 aliphatic rings. The molecule has 0 aromatic rings. The molecule has 1 aliphatic heterocycles. The van der Waals surface area contributed by atoms with Crippen molar-refractivity contribution in [2.75, 3.05) is 45.9 Å². The normalized spacial score (nSPS) is 21.9. The van der Waals surface area contributed by atoms with Crippen molar-refractivity contribution < 1.29 is 9.53 Å². The van der Waals surface area contributed by atoms with Gasteiger partial charge in [-0.2, -0.15) is 0 Å². The molecule has 2 fully saturated rings. The second kappa shape index (κ2) is 8.47. The van der Waals surface area contributed by atoms with Crippen LogP contribution in [-0.4, -0.2) is 67.8 Å². The number of piperazine rings is 1. The maximum absolute atomic E-state index is 11.6. The first-order valence-electron chi connectivity index (χ1n) is 8.17. The van der Waals surface area contributed by atoms with Gasteiger partial charge in [-0.3, -0.25) is 4.90 Å². The highest BCUT2D eigenvalue weighted by Gasteiger charge is 2.21. The monoisotopic (exact) mass is 283 g/mol. The van der Waals surface area contributed by atoms with Gasteiger partial charge in [-0.05, 0) is 19.8 Å². The summed E-state index contributed by atoms with van der Waals surface area (Å²) in [5.74, 6) is 0. The van der Waals surface area contributed by atoms with Crippen LogP contribution in [0.3, 0.4) is 0 Å². The van der Waals surface area contributed by atoms with Gasteiger partial charge in [0.25, 0.3) is 0 Å². The second-order valence-electron chi connectivity index (χ2n) is 5.82. The largest absolute Gasteiger partial charge is 0.450 e. The summed E-state index contributed by atoms with van der Waals surface area (Å²) in [6.07, 6.45) is 6.71. The minimum Gasteiger partial charge on any atom is -0.450 e. The maximum Gasteiger partial charge on any atom is 0.409 e. The zero-order valence-electron chi connectivity index (χ0n) is 12.8. The molecule has 0 unspecified atom stereocenters. The Morgan fingerprint density at radius 2 is 1.85 bits per heavy atom. The Bertz CT molecular complexity index is 285. The van der Waals surface area contributed by atoms with Crippen molar-refractivity contribution >= 4 is 6.09 Å². The van der Waals surface area contributed by atoms with Crippen LogP contribution in [-0.2, 0) is 4.74 Å². The summed E-state index contributed by atoms with van der Waals surface area (Å²) in [5, 5.41) is 3.68. The van der Waals surface area contributed by atoms with Gasteiger partial charge in [-0.15, -0.1) is 0 Å². The zero-order valence-corrected chi connectivity index (χ0v) is 12.8. The Kier molecular flexibility index (Phi) is 6.60. The molecule has 0 bridgehead atoms. The molecule has 116 valence electrons. The van der Waals surface area contributed by atoms with Crippen LogP contribution < -0.4 is 5.32 Å². The molecule has 0 aromatic heterocycles. The molecule has 0 radical (unpaired) electrons. The van der Waals surface area contributed by atoms with Crippen LogP contribution in [0.25, 0.3) is 0 Å². The summed E-state index contributed by atoms with van der Waals surface area (Å²) in [5.41, 5.74) is 0. The van der Waals surface area contributed by atoms with E-state index in [1.165, 1.54) is 32.1 Å². The van der Waals surface area contributed by atoms with Gasteiger partial charge in [0.1, 0.15) is 0 Å². The average Bonchev–Trinajstić information content (AvgIpc) is 2.49. The van der Waals surface area contributed by atoms with E-state index in [1.807, 2.05) is 11.8 Å². The Balaban J connectivity index is 1.56. The van der Waals surface area contributed by atoms with Gasteiger partial charge in [-0.1, -0.05) is 19.3 Å². The van der Waals surface area contributed by atoms with Crippen molar-refractivity contribution in [1.29, 1.82) is 0 Å². The summed E-state index contributed by atoms with van der Waals surface area (Å²) in [6, 6.07) is 0.740. The van der Waals surface area contributed by atoms with E-state index in [2.05, 4.69) is 10.2 Å². The van der Waals surface area contributed by atoms with Crippen molar-refractivity contribution in [1.82, 2.24) is 15.1 Å². The first kappa shape index (κ1) is 15.6. The fourth-order valence-corrected chi connectivity index (χ4v) is 3.10. The summed E-state index contributed by atoms with van der Waals surface area (Å²) in [6.45, 7) is 7.99. The highest BCUT2D eigenvalue weighted by molar-refractivity contribution is 5.67. The molecule has 1 heterocycles. The Morgan fingerprint density at radius 1 is 1.15 bits per heavy atom. The molecule has 0 aromatic carbocycles. The smallest absolute Gasteiger partial charge is 0.409 e. The Morgan fingerprint density at radius 3 is 2.50 bits per heavy atom. The summed E-state index contributed by atoms with van der Waals surface area (Å²) >= 11 is 0. The first-order valence-corrected chi connectivity index (χ1v) is 8.17. The SMILES string of the molecule is CCOC(=O)N1CCN(CCNC2CCCCC2)CC1. The fourth-order valence-electron chi connectivity index (χ4n) is 3.10. The number of hydrogen-bond acceptors (Lipinski definition) is 4. The van der Waals surface area contributed by atoms with E-state index in [0.717, 1.165) is 45.3 Å². The number of amides is 1. The van der Waals surface area contributed by atoms with Crippen molar-refractivity contribution in [3.63, 3.8) is 0 Å². The van der Waals surface area contributed by atoms with Gasteiger partial charge in [-0.25, -0.2) is 4.79 Å². The fraction of sp³-hybridized carbons (Fsp3) is 0.933. The summed E-state index contributed by atoms with van der Waals surface area (Å²) in [4.78, 5) is 15.8. The first-order chi connectivity index (χ1) is 9.79. The molecule has 1 saturated heterocycles. The molecule has 1 amide bonds. The van der Waals surface area contributed by atoms with Gasteiger partial charge in [0.2, 0.25) is 0 Å². The van der Waals surface area contributed by atoms with Crippen LogP contribution in [0.2, 0.25) is 0 Å². The van der Waals surface area contributed by atoms with E-state index >= 15 is 0 Å². The van der Waals surface area contributed by atoms with Crippen LogP contribution in [0, 0.1) is 0 Å². The van der Waals surface area contributed by atoms with E-state index in [9.17, 15) is 4.79 Å². The van der Waals surface area contributed by atoms with Crippen molar-refractivity contribution in [3.8, 4) is 0 Å². The van der Waals surface area contributed by atoms with E-state index in [4.69, 9.17) is 4.74 Å². The molecule has 1 saturated carbocycles. The van der Waals surface area contributed by atoms with E-state index in [0.29, 0.717) is 6.61 Å². The molecule has 1 N–H and O–H groups in total. The van der Waals surface area contributed by atoms with E-state index in [1.54, 1.807) is 0 Å². The van der Waals surface area contributed by atoms with E-state index in [-0.39, 0.29) is 6.09 Å². The molecule has 20 heavy (non-hydrogen) atoms. The number of nitrogens with one attached hydrogen (secondary N) is 1. The van der Waals surface area contributed by atoms with Crippen molar-refractivity contribution in [2.45, 2.75) is 45.1 Å². The lowest BCUT2D eigenvalue weighted by Gasteiger charge is -2.34. The minimum absolute atomic E-state index is 0.160. The van der Waals surface area contributed by atoms with Crippen LogP contribution in [0.1, 0.15) is 39.0 Å². The highest BCUT2D eigenvalue weighted by Crippen LogP contribution is 2.17. The molecule has 0 spiro atoms. The Hall–Kier alpha value is -0.810. The van der Waals surface area contributed by atoms with Gasteiger partial charge >= 0.3 is 6.09 Å². The molecular weight excluding hydrogens is 254 g/mol. The van der Waals surface area contributed by atoms with Gasteiger partial charge < -0.3 is 15.0 Å². The molecule has 1 aliphatic carbocycles. The van der Waals surface area contributed by atoms with E-state index < -0.39 is 0 Å². The van der Waals surface area contributed by atoms with Gasteiger partial charge in [0.05, 0.1) is 6.61 Å². The third-order valence-corrected chi connectivity index (χ3v) is 4.36. The van der Waals surface area contributed by atoms with Crippen molar-refractivity contribution in [3.05, 3.63) is 0 Å². The minimum atomic E-state index is -0.160. The third-order valence-electron chi connectivity index (χ3n) is 4.36. The Labute approximate surface area is 122 Å². The van der Waals surface area contributed by atoms with Crippen LogP contribution in [0.15, 0.2) is 0 Å². The molecular formula is C15H29N3O2. The predicted molar refractivity (Wildman–Crippen MR) is 79.9 cm³/mol. The van der Waals surface area contributed by atoms with Crippen LogP contribution in [0.5, 0.6) is 0 Å². The molecule has 2 rings (SSSR count). The number of hydrogen-bond donors (Lipinski definition) is 1. The summed E-state index contributed by atoms with van der Waals surface area (Å²) < 4.78 is 5.03.